The Morgan fingerprint density at radius 3 is 2.29 bits per heavy atom. The molecule has 0 fully saturated rings. The quantitative estimate of drug-likeness (QED) is 0.327. The smallest absolute Gasteiger partial charge is 0.264 e. The SMILES string of the molecule is CC[C@H](C(=O)N[C@@H](C)CC)N(Cc1cccc(C)c1)C(=O)CN(c1ccc2c(c1)OCCO2)S(=O)(=O)c1ccccc1. The molecule has 1 heterocycles. The molecule has 1 aliphatic rings. The van der Waals surface area contributed by atoms with Crippen molar-refractivity contribution < 1.29 is 27.5 Å². The monoisotopic (exact) mass is 593 g/mol. The van der Waals surface area contributed by atoms with E-state index in [4.69, 9.17) is 9.47 Å². The van der Waals surface area contributed by atoms with Crippen LogP contribution in [0.1, 0.15) is 44.7 Å². The average molecular weight is 594 g/mol. The molecule has 2 amide bonds. The molecule has 0 spiro atoms. The van der Waals surface area contributed by atoms with Gasteiger partial charge < -0.3 is 19.7 Å². The Balaban J connectivity index is 1.75. The average Bonchev–Trinajstić information content (AvgIpc) is 2.99. The van der Waals surface area contributed by atoms with Gasteiger partial charge in [-0.2, -0.15) is 0 Å². The molecule has 42 heavy (non-hydrogen) atoms. The molecule has 0 radical (unpaired) electrons. The van der Waals surface area contributed by atoms with Gasteiger partial charge in [-0.25, -0.2) is 8.42 Å². The van der Waals surface area contributed by atoms with Gasteiger partial charge in [0.25, 0.3) is 10.0 Å². The second-order valence-electron chi connectivity index (χ2n) is 10.4. The van der Waals surface area contributed by atoms with Crippen molar-refractivity contribution in [1.82, 2.24) is 10.2 Å². The minimum Gasteiger partial charge on any atom is -0.486 e. The molecule has 10 heteroatoms. The Morgan fingerprint density at radius 2 is 1.62 bits per heavy atom. The van der Waals surface area contributed by atoms with Gasteiger partial charge in [0.1, 0.15) is 25.8 Å². The van der Waals surface area contributed by atoms with Crippen molar-refractivity contribution in [3.05, 3.63) is 83.9 Å². The Bertz CT molecular complexity index is 1500. The lowest BCUT2D eigenvalue weighted by atomic mass is 10.1. The zero-order chi connectivity index (χ0) is 30.3. The molecule has 3 aromatic carbocycles. The van der Waals surface area contributed by atoms with Crippen LogP contribution in [-0.2, 0) is 26.2 Å². The van der Waals surface area contributed by atoms with Crippen molar-refractivity contribution in [2.45, 2.75) is 64.1 Å². The molecule has 0 saturated carbocycles. The van der Waals surface area contributed by atoms with Crippen LogP contribution in [0.5, 0.6) is 11.5 Å². The van der Waals surface area contributed by atoms with Gasteiger partial charge in [0, 0.05) is 18.7 Å². The first-order valence-corrected chi connectivity index (χ1v) is 15.7. The number of aryl methyl sites for hydroxylation is 1. The number of fused-ring (bicyclic) bond motifs is 1. The molecule has 0 unspecified atom stereocenters. The van der Waals surface area contributed by atoms with E-state index in [1.165, 1.54) is 17.0 Å². The summed E-state index contributed by atoms with van der Waals surface area (Å²) in [6.07, 6.45) is 1.09. The summed E-state index contributed by atoms with van der Waals surface area (Å²) in [5.74, 6) is 0.124. The van der Waals surface area contributed by atoms with Crippen LogP contribution < -0.4 is 19.1 Å². The fourth-order valence-electron chi connectivity index (χ4n) is 4.80. The first kappa shape index (κ1) is 30.9. The molecule has 0 aliphatic carbocycles. The van der Waals surface area contributed by atoms with Gasteiger partial charge in [-0.3, -0.25) is 13.9 Å². The van der Waals surface area contributed by atoms with Crippen molar-refractivity contribution in [2.75, 3.05) is 24.1 Å². The van der Waals surface area contributed by atoms with Gasteiger partial charge in [0.2, 0.25) is 11.8 Å². The normalized spacial score (nSPS) is 14.0. The summed E-state index contributed by atoms with van der Waals surface area (Å²) >= 11 is 0. The summed E-state index contributed by atoms with van der Waals surface area (Å²) in [6, 6.07) is 19.6. The third kappa shape index (κ3) is 7.23. The summed E-state index contributed by atoms with van der Waals surface area (Å²) < 4.78 is 40.5. The number of hydrogen-bond donors (Lipinski definition) is 1. The van der Waals surface area contributed by atoms with Gasteiger partial charge in [0.05, 0.1) is 10.6 Å². The summed E-state index contributed by atoms with van der Waals surface area (Å²) in [7, 11) is -4.18. The molecule has 0 aromatic heterocycles. The highest BCUT2D eigenvalue weighted by Gasteiger charge is 2.34. The molecule has 2 atom stereocenters. The van der Waals surface area contributed by atoms with Crippen LogP contribution in [0.15, 0.2) is 77.7 Å². The van der Waals surface area contributed by atoms with Crippen LogP contribution in [0, 0.1) is 6.92 Å². The molecular weight excluding hydrogens is 554 g/mol. The molecule has 224 valence electrons. The number of nitrogens with one attached hydrogen (secondary N) is 1. The maximum Gasteiger partial charge on any atom is 0.264 e. The zero-order valence-corrected chi connectivity index (χ0v) is 25.4. The minimum absolute atomic E-state index is 0.0412. The zero-order valence-electron chi connectivity index (χ0n) is 24.6. The van der Waals surface area contributed by atoms with E-state index in [0.717, 1.165) is 21.9 Å². The Labute approximate surface area is 248 Å². The lowest BCUT2D eigenvalue weighted by molar-refractivity contribution is -0.140. The Hall–Kier alpha value is -4.05. The molecule has 4 rings (SSSR count). The summed E-state index contributed by atoms with van der Waals surface area (Å²) in [5, 5.41) is 2.99. The Kier molecular flexibility index (Phi) is 10.1. The van der Waals surface area contributed by atoms with E-state index < -0.39 is 28.5 Å². The van der Waals surface area contributed by atoms with Gasteiger partial charge >= 0.3 is 0 Å². The summed E-state index contributed by atoms with van der Waals surface area (Å²) in [4.78, 5) is 29.2. The molecule has 1 N–H and O–H groups in total. The second kappa shape index (κ2) is 13.7. The highest BCUT2D eigenvalue weighted by atomic mass is 32.2. The van der Waals surface area contributed by atoms with E-state index in [2.05, 4.69) is 5.32 Å². The lowest BCUT2D eigenvalue weighted by Gasteiger charge is -2.34. The number of rotatable bonds is 12. The largest absolute Gasteiger partial charge is 0.486 e. The first-order chi connectivity index (χ1) is 20.1. The van der Waals surface area contributed by atoms with Crippen LogP contribution in [0.25, 0.3) is 0 Å². The van der Waals surface area contributed by atoms with E-state index >= 15 is 0 Å². The minimum atomic E-state index is -4.18. The van der Waals surface area contributed by atoms with E-state index in [1.807, 2.05) is 52.0 Å². The second-order valence-corrected chi connectivity index (χ2v) is 12.3. The maximum absolute atomic E-state index is 14.2. The number of carbonyl (C=O) groups is 2. The number of sulfonamides is 1. The van der Waals surface area contributed by atoms with E-state index in [9.17, 15) is 18.0 Å². The molecule has 0 bridgehead atoms. The number of amides is 2. The molecule has 9 nitrogen and oxygen atoms in total. The van der Waals surface area contributed by atoms with Gasteiger partial charge in [-0.05, 0) is 56.5 Å². The van der Waals surface area contributed by atoms with Crippen molar-refractivity contribution in [2.24, 2.45) is 0 Å². The van der Waals surface area contributed by atoms with E-state index in [0.29, 0.717) is 31.1 Å². The van der Waals surface area contributed by atoms with Crippen molar-refractivity contribution >= 4 is 27.5 Å². The molecular formula is C32H39N3O6S. The Morgan fingerprint density at radius 1 is 0.905 bits per heavy atom. The number of nitrogens with zero attached hydrogens (tertiary/aromatic N) is 2. The topological polar surface area (TPSA) is 105 Å². The van der Waals surface area contributed by atoms with E-state index in [-0.39, 0.29) is 29.1 Å². The van der Waals surface area contributed by atoms with Crippen LogP contribution in [-0.4, -0.2) is 57.0 Å². The van der Waals surface area contributed by atoms with Gasteiger partial charge in [-0.15, -0.1) is 0 Å². The number of hydrogen-bond acceptors (Lipinski definition) is 6. The predicted octanol–water partition coefficient (Wildman–Crippen LogP) is 4.68. The van der Waals surface area contributed by atoms with Gasteiger partial charge in [0.15, 0.2) is 11.5 Å². The number of benzene rings is 3. The third-order valence-corrected chi connectivity index (χ3v) is 9.03. The maximum atomic E-state index is 14.2. The highest BCUT2D eigenvalue weighted by molar-refractivity contribution is 7.92. The predicted molar refractivity (Wildman–Crippen MR) is 162 cm³/mol. The molecule has 0 saturated heterocycles. The van der Waals surface area contributed by atoms with Crippen LogP contribution in [0.3, 0.4) is 0 Å². The van der Waals surface area contributed by atoms with E-state index in [1.54, 1.807) is 36.4 Å². The fraction of sp³-hybridized carbons (Fsp3) is 0.375. The van der Waals surface area contributed by atoms with Crippen molar-refractivity contribution in [3.8, 4) is 11.5 Å². The summed E-state index contributed by atoms with van der Waals surface area (Å²) in [6.45, 7) is 8.03. The number of carbonyl (C=O) groups excluding carboxylic acids is 2. The van der Waals surface area contributed by atoms with Crippen LogP contribution >= 0.6 is 0 Å². The fourth-order valence-corrected chi connectivity index (χ4v) is 6.23. The lowest BCUT2D eigenvalue weighted by Crippen LogP contribution is -2.53. The molecule has 1 aliphatic heterocycles. The molecule has 3 aromatic rings. The summed E-state index contributed by atoms with van der Waals surface area (Å²) in [5.41, 5.74) is 2.11. The highest BCUT2D eigenvalue weighted by Crippen LogP contribution is 2.36. The van der Waals surface area contributed by atoms with Crippen molar-refractivity contribution in [3.63, 3.8) is 0 Å². The van der Waals surface area contributed by atoms with Crippen LogP contribution in [0.4, 0.5) is 5.69 Å². The van der Waals surface area contributed by atoms with Crippen LogP contribution in [0.2, 0.25) is 0 Å². The van der Waals surface area contributed by atoms with Crippen molar-refractivity contribution in [1.29, 1.82) is 0 Å². The standard InChI is InChI=1S/C32H39N3O6S/c1-5-24(4)33-32(37)28(6-2)34(21-25-12-10-11-23(3)19-25)31(36)22-35(42(38,39)27-13-8-7-9-14-27)26-15-16-29-30(20-26)41-18-17-40-29/h7-16,19-20,24,28H,5-6,17-18,21-22H2,1-4H3,(H,33,37)/t24-,28+/m0/s1. The number of ether oxygens (including phenoxy) is 2. The third-order valence-electron chi connectivity index (χ3n) is 7.25. The first-order valence-electron chi connectivity index (χ1n) is 14.3. The number of anilines is 1. The van der Waals surface area contributed by atoms with Gasteiger partial charge in [-0.1, -0.05) is 61.9 Å².